The first-order valence-electron chi connectivity index (χ1n) is 6.14. The highest BCUT2D eigenvalue weighted by Gasteiger charge is 2.13. The van der Waals surface area contributed by atoms with Crippen LogP contribution in [-0.4, -0.2) is 19.2 Å². The molecule has 0 unspecified atom stereocenters. The van der Waals surface area contributed by atoms with Crippen LogP contribution in [0.1, 0.15) is 5.56 Å². The smallest absolute Gasteiger partial charge is 0.142 e. The topological polar surface area (TPSA) is 56.5 Å². The van der Waals surface area contributed by atoms with Crippen LogP contribution in [0, 0.1) is 5.82 Å². The molecule has 2 rings (SSSR count). The molecule has 0 aliphatic heterocycles. The van der Waals surface area contributed by atoms with E-state index < -0.39 is 5.82 Å². The van der Waals surface area contributed by atoms with Gasteiger partial charge in [-0.15, -0.1) is 0 Å². The highest BCUT2D eigenvalue weighted by Crippen LogP contribution is 2.33. The van der Waals surface area contributed by atoms with Gasteiger partial charge in [-0.1, -0.05) is 18.3 Å². The Hall–Kier alpha value is -2.34. The number of nitrogens with one attached hydrogen (secondary N) is 1. The van der Waals surface area contributed by atoms with Crippen LogP contribution in [0.5, 0.6) is 11.5 Å². The standard InChI is InChI=1S/C15H15FN2O2S/c1-19-9-6-7-13(20-2)12(8-9)18-11-5-3-4-10(16)14(11)15(17)21/h3-8,18H,1-2H3,(H2,17,21). The van der Waals surface area contributed by atoms with E-state index >= 15 is 0 Å². The second kappa shape index (κ2) is 6.41. The van der Waals surface area contributed by atoms with Crippen molar-refractivity contribution >= 4 is 28.6 Å². The molecule has 2 aromatic rings. The van der Waals surface area contributed by atoms with Crippen molar-refractivity contribution in [1.29, 1.82) is 0 Å². The molecule has 0 aliphatic carbocycles. The van der Waals surface area contributed by atoms with Gasteiger partial charge in [0.05, 0.1) is 31.2 Å². The summed E-state index contributed by atoms with van der Waals surface area (Å²) in [6.45, 7) is 0. The van der Waals surface area contributed by atoms with Gasteiger partial charge in [0.2, 0.25) is 0 Å². The molecule has 0 aromatic heterocycles. The lowest BCUT2D eigenvalue weighted by Gasteiger charge is -2.15. The summed E-state index contributed by atoms with van der Waals surface area (Å²) in [6.07, 6.45) is 0. The lowest BCUT2D eigenvalue weighted by molar-refractivity contribution is 0.405. The van der Waals surface area contributed by atoms with Crippen molar-refractivity contribution in [3.05, 3.63) is 47.8 Å². The predicted molar refractivity (Wildman–Crippen MR) is 85.1 cm³/mol. The Morgan fingerprint density at radius 3 is 2.52 bits per heavy atom. The van der Waals surface area contributed by atoms with Gasteiger partial charge in [-0.3, -0.25) is 0 Å². The Morgan fingerprint density at radius 2 is 1.90 bits per heavy atom. The number of benzene rings is 2. The summed E-state index contributed by atoms with van der Waals surface area (Å²) in [4.78, 5) is -0.0162. The van der Waals surface area contributed by atoms with Gasteiger partial charge < -0.3 is 20.5 Å². The summed E-state index contributed by atoms with van der Waals surface area (Å²) in [6, 6.07) is 9.84. The minimum Gasteiger partial charge on any atom is -0.497 e. The molecule has 0 atom stereocenters. The van der Waals surface area contributed by atoms with E-state index in [1.165, 1.54) is 6.07 Å². The zero-order chi connectivity index (χ0) is 15.4. The summed E-state index contributed by atoms with van der Waals surface area (Å²) in [5.74, 6) is 0.759. The van der Waals surface area contributed by atoms with Crippen LogP contribution in [0.2, 0.25) is 0 Å². The van der Waals surface area contributed by atoms with Gasteiger partial charge in [-0.05, 0) is 24.3 Å². The number of ether oxygens (including phenoxy) is 2. The van der Waals surface area contributed by atoms with Crippen LogP contribution in [0.15, 0.2) is 36.4 Å². The number of rotatable bonds is 5. The molecular formula is C15H15FN2O2S. The highest BCUT2D eigenvalue weighted by molar-refractivity contribution is 7.80. The Morgan fingerprint density at radius 1 is 1.14 bits per heavy atom. The summed E-state index contributed by atoms with van der Waals surface area (Å²) in [7, 11) is 3.11. The van der Waals surface area contributed by atoms with Gasteiger partial charge >= 0.3 is 0 Å². The Kier molecular flexibility index (Phi) is 4.59. The van der Waals surface area contributed by atoms with Gasteiger partial charge in [0.25, 0.3) is 0 Å². The third-order valence-corrected chi connectivity index (χ3v) is 3.14. The zero-order valence-electron chi connectivity index (χ0n) is 11.6. The van der Waals surface area contributed by atoms with Gasteiger partial charge in [0, 0.05) is 6.07 Å². The second-order valence-electron chi connectivity index (χ2n) is 4.22. The molecule has 6 heteroatoms. The Balaban J connectivity index is 2.47. The predicted octanol–water partition coefficient (Wildman–Crippen LogP) is 3.22. The van der Waals surface area contributed by atoms with Crippen molar-refractivity contribution in [3.8, 4) is 11.5 Å². The normalized spacial score (nSPS) is 10.0. The molecule has 0 amide bonds. The summed E-state index contributed by atoms with van der Waals surface area (Å²) >= 11 is 4.90. The largest absolute Gasteiger partial charge is 0.497 e. The SMILES string of the molecule is COc1ccc(OC)c(Nc2cccc(F)c2C(N)=S)c1. The maximum Gasteiger partial charge on any atom is 0.142 e. The van der Waals surface area contributed by atoms with Gasteiger partial charge in [-0.2, -0.15) is 0 Å². The first kappa shape index (κ1) is 15.1. The number of hydrogen-bond acceptors (Lipinski definition) is 4. The third-order valence-electron chi connectivity index (χ3n) is 2.94. The summed E-state index contributed by atoms with van der Waals surface area (Å²) in [5, 5.41) is 3.08. The van der Waals surface area contributed by atoms with Crippen LogP contribution in [0.4, 0.5) is 15.8 Å². The van der Waals surface area contributed by atoms with E-state index in [1.807, 2.05) is 0 Å². The number of nitrogens with two attached hydrogens (primary N) is 1. The zero-order valence-corrected chi connectivity index (χ0v) is 12.5. The molecule has 0 radical (unpaired) electrons. The van der Waals surface area contributed by atoms with Gasteiger partial charge in [0.15, 0.2) is 0 Å². The molecule has 21 heavy (non-hydrogen) atoms. The van der Waals surface area contributed by atoms with Crippen molar-refractivity contribution < 1.29 is 13.9 Å². The molecule has 0 fully saturated rings. The van der Waals surface area contributed by atoms with E-state index in [-0.39, 0.29) is 10.6 Å². The number of hydrogen-bond donors (Lipinski definition) is 2. The van der Waals surface area contributed by atoms with E-state index in [1.54, 1.807) is 44.6 Å². The van der Waals surface area contributed by atoms with Crippen LogP contribution >= 0.6 is 12.2 Å². The molecule has 3 N–H and O–H groups in total. The molecule has 110 valence electrons. The Labute approximate surface area is 127 Å². The van der Waals surface area contributed by atoms with Crippen molar-refractivity contribution in [3.63, 3.8) is 0 Å². The van der Waals surface area contributed by atoms with Crippen molar-refractivity contribution in [1.82, 2.24) is 0 Å². The van der Waals surface area contributed by atoms with E-state index in [9.17, 15) is 4.39 Å². The van der Waals surface area contributed by atoms with E-state index in [0.717, 1.165) is 0 Å². The number of halogens is 1. The molecule has 2 aromatic carbocycles. The third kappa shape index (κ3) is 3.22. The minimum absolute atomic E-state index is 0.0162. The fourth-order valence-electron chi connectivity index (χ4n) is 1.94. The average Bonchev–Trinajstić information content (AvgIpc) is 2.46. The van der Waals surface area contributed by atoms with E-state index in [0.29, 0.717) is 22.9 Å². The van der Waals surface area contributed by atoms with Gasteiger partial charge in [0.1, 0.15) is 22.3 Å². The summed E-state index contributed by atoms with van der Waals surface area (Å²) in [5.41, 5.74) is 6.85. The molecule has 0 aliphatic rings. The number of methoxy groups -OCH3 is 2. The molecule has 0 bridgehead atoms. The fraction of sp³-hybridized carbons (Fsp3) is 0.133. The first-order chi connectivity index (χ1) is 10.1. The van der Waals surface area contributed by atoms with Crippen molar-refractivity contribution in [2.24, 2.45) is 5.73 Å². The molecule has 0 saturated heterocycles. The van der Waals surface area contributed by atoms with Crippen LogP contribution < -0.4 is 20.5 Å². The van der Waals surface area contributed by atoms with Crippen LogP contribution in [-0.2, 0) is 0 Å². The minimum atomic E-state index is -0.477. The number of thiocarbonyl (C=S) groups is 1. The lowest BCUT2D eigenvalue weighted by atomic mass is 10.1. The van der Waals surface area contributed by atoms with Crippen LogP contribution in [0.3, 0.4) is 0 Å². The quantitative estimate of drug-likeness (QED) is 0.831. The first-order valence-corrected chi connectivity index (χ1v) is 6.55. The van der Waals surface area contributed by atoms with Crippen molar-refractivity contribution in [2.75, 3.05) is 19.5 Å². The number of anilines is 2. The van der Waals surface area contributed by atoms with Gasteiger partial charge in [-0.25, -0.2) is 4.39 Å². The molecule has 0 spiro atoms. The highest BCUT2D eigenvalue weighted by atomic mass is 32.1. The lowest BCUT2D eigenvalue weighted by Crippen LogP contribution is -2.14. The Bertz CT molecular complexity index is 677. The molecule has 0 heterocycles. The summed E-state index contributed by atoms with van der Waals surface area (Å²) < 4.78 is 24.3. The van der Waals surface area contributed by atoms with Crippen molar-refractivity contribution in [2.45, 2.75) is 0 Å². The van der Waals surface area contributed by atoms with E-state index in [4.69, 9.17) is 27.4 Å². The maximum atomic E-state index is 13.9. The fourth-order valence-corrected chi connectivity index (χ4v) is 2.14. The monoisotopic (exact) mass is 306 g/mol. The molecule has 0 saturated carbocycles. The second-order valence-corrected chi connectivity index (χ2v) is 4.66. The molecule has 4 nitrogen and oxygen atoms in total. The average molecular weight is 306 g/mol. The van der Waals surface area contributed by atoms with E-state index in [2.05, 4.69) is 5.32 Å². The maximum absolute atomic E-state index is 13.9. The van der Waals surface area contributed by atoms with Crippen LogP contribution in [0.25, 0.3) is 0 Å². The molecular weight excluding hydrogens is 291 g/mol.